The SMILES string of the molecule is O=C(NCc1ccccc1)c1cc(OCCNCC(O)COc2ccc(-c3nc(C(F)(F)F)cs3)cc2)ccc1O. The second-order valence-electron chi connectivity index (χ2n) is 8.92. The number of aliphatic hydroxyl groups excluding tert-OH is 1. The first-order valence-corrected chi connectivity index (χ1v) is 13.5. The van der Waals surface area contributed by atoms with Crippen molar-refractivity contribution in [2.45, 2.75) is 18.8 Å². The molecule has 8 nitrogen and oxygen atoms in total. The molecular weight excluding hydrogens is 559 g/mol. The molecule has 0 spiro atoms. The monoisotopic (exact) mass is 587 g/mol. The van der Waals surface area contributed by atoms with Gasteiger partial charge in [-0.3, -0.25) is 4.79 Å². The Bertz CT molecular complexity index is 1420. The smallest absolute Gasteiger partial charge is 0.434 e. The van der Waals surface area contributed by atoms with Gasteiger partial charge in [0.1, 0.15) is 41.6 Å². The van der Waals surface area contributed by atoms with Gasteiger partial charge >= 0.3 is 6.18 Å². The minimum atomic E-state index is -4.48. The van der Waals surface area contributed by atoms with E-state index in [9.17, 15) is 28.2 Å². The Hall–Kier alpha value is -4.13. The molecule has 0 aliphatic carbocycles. The van der Waals surface area contributed by atoms with Gasteiger partial charge in [0, 0.05) is 30.6 Å². The van der Waals surface area contributed by atoms with E-state index in [1.165, 1.54) is 12.1 Å². The number of halogens is 3. The number of phenolic OH excluding ortho intramolecular Hbond substituents is 1. The van der Waals surface area contributed by atoms with Gasteiger partial charge in [-0.2, -0.15) is 13.2 Å². The van der Waals surface area contributed by atoms with Crippen LogP contribution in [0.5, 0.6) is 17.2 Å². The number of carbonyl (C=O) groups is 1. The highest BCUT2D eigenvalue weighted by molar-refractivity contribution is 7.13. The number of aromatic hydroxyl groups is 1. The van der Waals surface area contributed by atoms with Crippen molar-refractivity contribution in [2.24, 2.45) is 0 Å². The van der Waals surface area contributed by atoms with E-state index in [1.54, 1.807) is 30.3 Å². The number of hydrogen-bond donors (Lipinski definition) is 4. The van der Waals surface area contributed by atoms with Crippen LogP contribution in [-0.2, 0) is 12.7 Å². The predicted molar refractivity (Wildman–Crippen MR) is 148 cm³/mol. The van der Waals surface area contributed by atoms with Crippen molar-refractivity contribution in [3.8, 4) is 27.8 Å². The zero-order valence-electron chi connectivity index (χ0n) is 21.7. The van der Waals surface area contributed by atoms with Crippen LogP contribution >= 0.6 is 11.3 Å². The Kier molecular flexibility index (Phi) is 10.2. The lowest BCUT2D eigenvalue weighted by Gasteiger charge is -2.14. The second-order valence-corrected chi connectivity index (χ2v) is 9.78. The molecule has 216 valence electrons. The molecule has 4 N–H and O–H groups in total. The molecule has 4 rings (SSSR count). The lowest BCUT2D eigenvalue weighted by molar-refractivity contribution is -0.140. The largest absolute Gasteiger partial charge is 0.507 e. The zero-order valence-corrected chi connectivity index (χ0v) is 22.5. The van der Waals surface area contributed by atoms with Crippen LogP contribution in [0.3, 0.4) is 0 Å². The molecule has 3 aromatic carbocycles. The number of benzene rings is 3. The van der Waals surface area contributed by atoms with Gasteiger partial charge in [-0.05, 0) is 48.0 Å². The highest BCUT2D eigenvalue weighted by atomic mass is 32.1. The van der Waals surface area contributed by atoms with E-state index in [0.29, 0.717) is 30.2 Å². The Balaban J connectivity index is 1.14. The average Bonchev–Trinajstić information content (AvgIpc) is 3.48. The number of carbonyl (C=O) groups excluding carboxylic acids is 1. The highest BCUT2D eigenvalue weighted by Crippen LogP contribution is 2.34. The van der Waals surface area contributed by atoms with Crippen molar-refractivity contribution < 1.29 is 37.7 Å². The van der Waals surface area contributed by atoms with Gasteiger partial charge in [-0.1, -0.05) is 30.3 Å². The normalized spacial score (nSPS) is 12.1. The van der Waals surface area contributed by atoms with E-state index in [-0.39, 0.29) is 36.1 Å². The van der Waals surface area contributed by atoms with Gasteiger partial charge < -0.3 is 30.3 Å². The first-order valence-electron chi connectivity index (χ1n) is 12.6. The fourth-order valence-corrected chi connectivity index (χ4v) is 4.48. The summed E-state index contributed by atoms with van der Waals surface area (Å²) in [7, 11) is 0. The predicted octanol–water partition coefficient (Wildman–Crippen LogP) is 4.87. The number of aliphatic hydroxyl groups is 1. The summed E-state index contributed by atoms with van der Waals surface area (Å²) in [5.41, 5.74) is 0.647. The quantitative estimate of drug-likeness (QED) is 0.165. The van der Waals surface area contributed by atoms with Crippen LogP contribution in [0.2, 0.25) is 0 Å². The molecular formula is C29H28F3N3O5S. The van der Waals surface area contributed by atoms with E-state index in [0.717, 1.165) is 22.3 Å². The lowest BCUT2D eigenvalue weighted by atomic mass is 10.1. The van der Waals surface area contributed by atoms with Crippen molar-refractivity contribution in [1.29, 1.82) is 0 Å². The van der Waals surface area contributed by atoms with Crippen LogP contribution in [0.25, 0.3) is 10.6 Å². The average molecular weight is 588 g/mol. The molecule has 0 fully saturated rings. The van der Waals surface area contributed by atoms with Crippen LogP contribution in [0, 0.1) is 0 Å². The summed E-state index contributed by atoms with van der Waals surface area (Å²) in [5.74, 6) is 0.290. The van der Waals surface area contributed by atoms with Crippen molar-refractivity contribution >= 4 is 17.2 Å². The van der Waals surface area contributed by atoms with E-state index >= 15 is 0 Å². The van der Waals surface area contributed by atoms with Crippen LogP contribution < -0.4 is 20.1 Å². The van der Waals surface area contributed by atoms with Gasteiger partial charge in [0.05, 0.1) is 5.56 Å². The first-order chi connectivity index (χ1) is 19.7. The maximum absolute atomic E-state index is 12.8. The Morgan fingerprint density at radius 1 is 1.00 bits per heavy atom. The number of amides is 1. The summed E-state index contributed by atoms with van der Waals surface area (Å²) in [5, 5.41) is 27.3. The topological polar surface area (TPSA) is 113 Å². The summed E-state index contributed by atoms with van der Waals surface area (Å²) in [4.78, 5) is 16.1. The molecule has 0 aliphatic rings. The number of phenols is 1. The summed E-state index contributed by atoms with van der Waals surface area (Å²) in [6.07, 6.45) is -5.30. The molecule has 1 heterocycles. The number of aromatic nitrogens is 1. The molecule has 1 amide bonds. The van der Waals surface area contributed by atoms with Crippen molar-refractivity contribution in [3.63, 3.8) is 0 Å². The molecule has 0 saturated heterocycles. The summed E-state index contributed by atoms with van der Waals surface area (Å²) >= 11 is 0.909. The molecule has 12 heteroatoms. The Morgan fingerprint density at radius 3 is 2.44 bits per heavy atom. The molecule has 1 atom stereocenters. The Morgan fingerprint density at radius 2 is 1.73 bits per heavy atom. The number of rotatable bonds is 13. The van der Waals surface area contributed by atoms with E-state index in [1.807, 2.05) is 30.3 Å². The van der Waals surface area contributed by atoms with Crippen LogP contribution in [-0.4, -0.2) is 53.5 Å². The third kappa shape index (κ3) is 8.93. The van der Waals surface area contributed by atoms with Crippen LogP contribution in [0.1, 0.15) is 21.6 Å². The van der Waals surface area contributed by atoms with Crippen molar-refractivity contribution in [3.05, 3.63) is 95.0 Å². The van der Waals surface area contributed by atoms with Crippen LogP contribution in [0.15, 0.2) is 78.2 Å². The maximum Gasteiger partial charge on any atom is 0.434 e. The summed E-state index contributed by atoms with van der Waals surface area (Å²) in [6, 6.07) is 20.2. The molecule has 41 heavy (non-hydrogen) atoms. The third-order valence-corrected chi connectivity index (χ3v) is 6.67. The zero-order chi connectivity index (χ0) is 29.2. The first kappa shape index (κ1) is 29.8. The summed E-state index contributed by atoms with van der Waals surface area (Å²) < 4.78 is 49.5. The number of ether oxygens (including phenoxy) is 2. The molecule has 0 radical (unpaired) electrons. The maximum atomic E-state index is 12.8. The molecule has 0 saturated carbocycles. The van der Waals surface area contributed by atoms with Gasteiger partial charge in [-0.25, -0.2) is 4.98 Å². The minimum absolute atomic E-state index is 0.00208. The Labute approximate surface area is 238 Å². The number of alkyl halides is 3. The third-order valence-electron chi connectivity index (χ3n) is 5.77. The number of nitrogens with one attached hydrogen (secondary N) is 2. The van der Waals surface area contributed by atoms with Gasteiger partial charge in [0.15, 0.2) is 5.69 Å². The van der Waals surface area contributed by atoms with Crippen LogP contribution in [0.4, 0.5) is 13.2 Å². The fourth-order valence-electron chi connectivity index (χ4n) is 3.65. The van der Waals surface area contributed by atoms with Crippen molar-refractivity contribution in [2.75, 3.05) is 26.3 Å². The number of hydrogen-bond acceptors (Lipinski definition) is 8. The standard InChI is InChI=1S/C29H28F3N3O5S/c30-29(31,32)26-18-41-28(35-26)20-6-8-22(9-7-20)40-17-21(36)16-33-12-13-39-23-10-11-25(37)24(14-23)27(38)34-15-19-4-2-1-3-5-19/h1-11,14,18,21,33,36-37H,12-13,15-17H2,(H,34,38). The summed E-state index contributed by atoms with van der Waals surface area (Å²) in [6.45, 7) is 1.20. The van der Waals surface area contributed by atoms with E-state index in [2.05, 4.69) is 15.6 Å². The highest BCUT2D eigenvalue weighted by Gasteiger charge is 2.33. The van der Waals surface area contributed by atoms with Gasteiger partial charge in [0.25, 0.3) is 5.91 Å². The molecule has 1 aromatic heterocycles. The van der Waals surface area contributed by atoms with E-state index in [4.69, 9.17) is 9.47 Å². The minimum Gasteiger partial charge on any atom is -0.507 e. The fraction of sp³-hybridized carbons (Fsp3) is 0.241. The van der Waals surface area contributed by atoms with E-state index < -0.39 is 23.9 Å². The molecule has 0 bridgehead atoms. The van der Waals surface area contributed by atoms with Gasteiger partial charge in [0.2, 0.25) is 0 Å². The number of thiazole rings is 1. The van der Waals surface area contributed by atoms with Crippen molar-refractivity contribution in [1.82, 2.24) is 15.6 Å². The lowest BCUT2D eigenvalue weighted by Crippen LogP contribution is -2.33. The van der Waals surface area contributed by atoms with Gasteiger partial charge in [-0.15, -0.1) is 11.3 Å². The number of nitrogens with zero attached hydrogens (tertiary/aromatic N) is 1. The molecule has 4 aromatic rings. The second kappa shape index (κ2) is 14.0. The molecule has 1 unspecified atom stereocenters. The molecule has 0 aliphatic heterocycles.